The molecule has 1 aromatic carbocycles. The van der Waals surface area contributed by atoms with Crippen molar-refractivity contribution >= 4 is 12.3 Å². The third-order valence-electron chi connectivity index (χ3n) is 1.85. The van der Waals surface area contributed by atoms with Crippen molar-refractivity contribution in [2.45, 2.75) is 0 Å². The van der Waals surface area contributed by atoms with Gasteiger partial charge in [0.1, 0.15) is 0 Å². The number of benzene rings is 1. The summed E-state index contributed by atoms with van der Waals surface area (Å²) in [6, 6.07) is 5.53. The van der Waals surface area contributed by atoms with Crippen LogP contribution in [0.25, 0.3) is 6.08 Å². The summed E-state index contributed by atoms with van der Waals surface area (Å²) in [5.74, 6) is 1.35. The molecule has 4 heteroatoms. The van der Waals surface area contributed by atoms with Crippen LogP contribution in [0.5, 0.6) is 11.5 Å². The lowest BCUT2D eigenvalue weighted by Gasteiger charge is -2.07. The highest BCUT2D eigenvalue weighted by Crippen LogP contribution is 2.27. The lowest BCUT2D eigenvalue weighted by molar-refractivity contribution is 0.322. The molecule has 0 aliphatic rings. The molecule has 0 heterocycles. The van der Waals surface area contributed by atoms with Gasteiger partial charge in [0.2, 0.25) is 0 Å². The Hall–Kier alpha value is -1.97. The van der Waals surface area contributed by atoms with Crippen LogP contribution in [0.15, 0.2) is 29.4 Å². The first-order chi connectivity index (χ1) is 7.31. The summed E-state index contributed by atoms with van der Waals surface area (Å²) >= 11 is 0. The first-order valence-corrected chi connectivity index (χ1v) is 4.38. The van der Waals surface area contributed by atoms with Crippen molar-refractivity contribution in [3.05, 3.63) is 29.8 Å². The Morgan fingerprint density at radius 1 is 1.20 bits per heavy atom. The summed E-state index contributed by atoms with van der Waals surface area (Å²) in [5.41, 5.74) is 0.938. The minimum Gasteiger partial charge on any atom is -0.493 e. The van der Waals surface area contributed by atoms with Gasteiger partial charge in [-0.1, -0.05) is 17.3 Å². The Bertz CT molecular complexity index is 372. The van der Waals surface area contributed by atoms with Crippen molar-refractivity contribution in [2.24, 2.45) is 5.16 Å². The monoisotopic (exact) mass is 207 g/mol. The normalized spacial score (nSPS) is 11.1. The third kappa shape index (κ3) is 3.02. The van der Waals surface area contributed by atoms with Crippen LogP contribution in [-0.4, -0.2) is 25.6 Å². The van der Waals surface area contributed by atoms with E-state index in [0.29, 0.717) is 11.5 Å². The zero-order chi connectivity index (χ0) is 11.1. The number of oxime groups is 1. The fraction of sp³-hybridized carbons (Fsp3) is 0.182. The molecular weight excluding hydrogens is 194 g/mol. The van der Waals surface area contributed by atoms with Crippen LogP contribution in [0.2, 0.25) is 0 Å². The van der Waals surface area contributed by atoms with Crippen molar-refractivity contribution in [1.82, 2.24) is 0 Å². The van der Waals surface area contributed by atoms with Crippen LogP contribution in [-0.2, 0) is 0 Å². The maximum Gasteiger partial charge on any atom is 0.161 e. The Balaban J connectivity index is 2.92. The molecule has 0 bridgehead atoms. The van der Waals surface area contributed by atoms with Crippen LogP contribution in [0.4, 0.5) is 0 Å². The Kier molecular flexibility index (Phi) is 4.22. The van der Waals surface area contributed by atoms with E-state index in [1.807, 2.05) is 18.2 Å². The van der Waals surface area contributed by atoms with E-state index >= 15 is 0 Å². The van der Waals surface area contributed by atoms with Gasteiger partial charge in [0, 0.05) is 0 Å². The maximum absolute atomic E-state index is 8.20. The Morgan fingerprint density at radius 2 is 1.93 bits per heavy atom. The number of ether oxygens (including phenoxy) is 2. The molecule has 0 saturated heterocycles. The molecule has 0 spiro atoms. The molecule has 80 valence electrons. The lowest BCUT2D eigenvalue weighted by atomic mass is 10.2. The quantitative estimate of drug-likeness (QED) is 0.467. The molecule has 1 N–H and O–H groups in total. The fourth-order valence-corrected chi connectivity index (χ4v) is 1.15. The Morgan fingerprint density at radius 3 is 2.53 bits per heavy atom. The molecule has 0 aromatic heterocycles. The van der Waals surface area contributed by atoms with Crippen LogP contribution < -0.4 is 9.47 Å². The third-order valence-corrected chi connectivity index (χ3v) is 1.85. The Labute approximate surface area is 88.4 Å². The summed E-state index contributed by atoms with van der Waals surface area (Å²) < 4.78 is 10.2. The second-order valence-electron chi connectivity index (χ2n) is 2.74. The van der Waals surface area contributed by atoms with E-state index in [2.05, 4.69) is 5.16 Å². The van der Waals surface area contributed by atoms with Gasteiger partial charge in [-0.15, -0.1) is 0 Å². The van der Waals surface area contributed by atoms with E-state index in [1.54, 1.807) is 26.4 Å². The summed E-state index contributed by atoms with van der Waals surface area (Å²) in [7, 11) is 3.17. The predicted molar refractivity (Wildman–Crippen MR) is 58.9 cm³/mol. The van der Waals surface area contributed by atoms with Crippen LogP contribution in [0.1, 0.15) is 5.56 Å². The van der Waals surface area contributed by atoms with Gasteiger partial charge in [0.25, 0.3) is 0 Å². The summed E-state index contributed by atoms with van der Waals surface area (Å²) in [4.78, 5) is 0. The molecule has 0 unspecified atom stereocenters. The molecule has 1 aromatic rings. The van der Waals surface area contributed by atoms with Crippen molar-refractivity contribution in [3.63, 3.8) is 0 Å². The standard InChI is InChI=1S/C11H13NO3/c1-14-10-6-5-9(4-3-7-12-13)8-11(10)15-2/h3-8,13H,1-2H3/b4-3+,12-7+. The van der Waals surface area contributed by atoms with Gasteiger partial charge in [-0.3, -0.25) is 0 Å². The van der Waals surface area contributed by atoms with E-state index in [1.165, 1.54) is 6.21 Å². The molecule has 0 fully saturated rings. The summed E-state index contributed by atoms with van der Waals surface area (Å²) in [6.07, 6.45) is 4.71. The largest absolute Gasteiger partial charge is 0.493 e. The average molecular weight is 207 g/mol. The zero-order valence-corrected chi connectivity index (χ0v) is 8.68. The fourth-order valence-electron chi connectivity index (χ4n) is 1.15. The first-order valence-electron chi connectivity index (χ1n) is 4.38. The first kappa shape index (κ1) is 11.1. The SMILES string of the molecule is COc1ccc(/C=C/C=N/O)cc1OC. The van der Waals surface area contributed by atoms with Crippen LogP contribution in [0.3, 0.4) is 0 Å². The second-order valence-corrected chi connectivity index (χ2v) is 2.74. The number of allylic oxidation sites excluding steroid dienone is 1. The number of hydrogen-bond donors (Lipinski definition) is 1. The van der Waals surface area contributed by atoms with Crippen molar-refractivity contribution in [2.75, 3.05) is 14.2 Å². The molecule has 0 atom stereocenters. The highest BCUT2D eigenvalue weighted by Gasteiger charge is 2.01. The van der Waals surface area contributed by atoms with E-state index in [-0.39, 0.29) is 0 Å². The molecule has 0 aliphatic carbocycles. The summed E-state index contributed by atoms with van der Waals surface area (Å²) in [5, 5.41) is 11.1. The number of methoxy groups -OCH3 is 2. The van der Waals surface area contributed by atoms with Gasteiger partial charge in [-0.05, 0) is 23.8 Å². The highest BCUT2D eigenvalue weighted by molar-refractivity contribution is 5.78. The number of nitrogens with zero attached hydrogens (tertiary/aromatic N) is 1. The molecule has 15 heavy (non-hydrogen) atoms. The summed E-state index contributed by atoms with van der Waals surface area (Å²) in [6.45, 7) is 0. The van der Waals surface area contributed by atoms with Gasteiger partial charge in [-0.25, -0.2) is 0 Å². The average Bonchev–Trinajstić information content (AvgIpc) is 2.29. The van der Waals surface area contributed by atoms with Gasteiger partial charge in [0.15, 0.2) is 11.5 Å². The minimum absolute atomic E-state index is 0.667. The van der Waals surface area contributed by atoms with Crippen molar-refractivity contribution in [3.8, 4) is 11.5 Å². The molecular formula is C11H13NO3. The van der Waals surface area contributed by atoms with Crippen molar-refractivity contribution in [1.29, 1.82) is 0 Å². The predicted octanol–water partition coefficient (Wildman–Crippen LogP) is 2.18. The van der Waals surface area contributed by atoms with Crippen molar-refractivity contribution < 1.29 is 14.7 Å². The highest BCUT2D eigenvalue weighted by atomic mass is 16.5. The minimum atomic E-state index is 0.667. The topological polar surface area (TPSA) is 51.0 Å². The van der Waals surface area contributed by atoms with Gasteiger partial charge in [-0.2, -0.15) is 0 Å². The van der Waals surface area contributed by atoms with Crippen LogP contribution >= 0.6 is 0 Å². The van der Waals surface area contributed by atoms with E-state index in [4.69, 9.17) is 14.7 Å². The molecule has 0 aliphatic heterocycles. The zero-order valence-electron chi connectivity index (χ0n) is 8.68. The smallest absolute Gasteiger partial charge is 0.161 e. The molecule has 4 nitrogen and oxygen atoms in total. The van der Waals surface area contributed by atoms with Gasteiger partial charge < -0.3 is 14.7 Å². The van der Waals surface area contributed by atoms with E-state index < -0.39 is 0 Å². The second kappa shape index (κ2) is 5.70. The molecule has 0 saturated carbocycles. The molecule has 1 rings (SSSR count). The molecule has 0 radical (unpaired) electrons. The lowest BCUT2D eigenvalue weighted by Crippen LogP contribution is -1.90. The van der Waals surface area contributed by atoms with Gasteiger partial charge >= 0.3 is 0 Å². The molecule has 0 amide bonds. The number of hydrogen-bond acceptors (Lipinski definition) is 4. The van der Waals surface area contributed by atoms with E-state index in [9.17, 15) is 0 Å². The van der Waals surface area contributed by atoms with E-state index in [0.717, 1.165) is 5.56 Å². The van der Waals surface area contributed by atoms with Crippen LogP contribution in [0, 0.1) is 0 Å². The van der Waals surface area contributed by atoms with Gasteiger partial charge in [0.05, 0.1) is 20.4 Å². The maximum atomic E-state index is 8.20. The number of rotatable bonds is 4.